The molecule has 394 valence electrons. The molecule has 2 nitrogen and oxygen atoms in total. The van der Waals surface area contributed by atoms with Gasteiger partial charge in [-0.25, -0.2) is 4.57 Å². The number of rotatable bonds is 8. The maximum atomic E-state index is 14.2. The van der Waals surface area contributed by atoms with E-state index in [2.05, 4.69) is 29.1 Å². The van der Waals surface area contributed by atoms with Gasteiger partial charge in [0.05, 0.1) is 51.1 Å². The summed E-state index contributed by atoms with van der Waals surface area (Å²) in [6.45, 7) is 3.60. The topological polar surface area (TPSA) is 13.1 Å². The molecule has 1 aromatic heterocycles. The molecule has 5 aromatic carbocycles. The van der Waals surface area contributed by atoms with Crippen molar-refractivity contribution in [1.82, 2.24) is 0 Å². The predicted molar refractivity (Wildman–Crippen MR) is 213 cm³/mol. The number of benzene rings is 5. The molecule has 0 aliphatic carbocycles. The minimum Gasteiger partial charge on any atom is -0.494 e. The van der Waals surface area contributed by atoms with E-state index in [9.17, 15) is 105 Å². The minimum absolute atomic E-state index is 0.691. The number of halogens is 24. The van der Waals surface area contributed by atoms with E-state index in [1.54, 1.807) is 0 Å². The van der Waals surface area contributed by atoms with Crippen LogP contribution in [0.4, 0.5) is 105 Å². The fourth-order valence-electron chi connectivity index (χ4n) is 7.68. The van der Waals surface area contributed by atoms with Crippen molar-refractivity contribution in [1.29, 1.82) is 0 Å². The Bertz CT molecular complexity index is 2430. The molecule has 0 unspecified atom stereocenters. The first kappa shape index (κ1) is 57.3. The summed E-state index contributed by atoms with van der Waals surface area (Å²) < 4.78 is 348. The van der Waals surface area contributed by atoms with Crippen LogP contribution in [-0.4, -0.2) is 12.8 Å². The number of ether oxygens (including phenoxy) is 1. The molecule has 0 aliphatic heterocycles. The molecular formula is C46H28BF24NO. The van der Waals surface area contributed by atoms with Crippen molar-refractivity contribution in [3.63, 3.8) is 0 Å². The second-order valence-electron chi connectivity index (χ2n) is 15.8. The molecule has 0 radical (unpaired) electrons. The molecule has 0 bridgehead atoms. The smallest absolute Gasteiger partial charge is 0.416 e. The fourth-order valence-corrected chi connectivity index (χ4v) is 7.68. The van der Waals surface area contributed by atoms with Gasteiger partial charge in [-0.05, 0) is 55.5 Å². The standard InChI is InChI=1S/C32H12BF24.C14H16NO/c34-25(35,36)13-1-14(26(37,38)39)6-21(5-13)33(22-7-15(27(40,41)42)2-16(8-22)28(43,44)45,23-9-17(29(46,47)48)3-18(10-23)30(49,50)51)24-11-19(31(52,53)54)4-20(12-24)32(55,56)57;1-2-16-14-8-6-13(7-9-14)12-15-10-4-3-5-11-15/h1-12H;3-11H,2,12H2,1H3/q-1;+1. The van der Waals surface area contributed by atoms with Gasteiger partial charge in [0, 0.05) is 17.7 Å². The zero-order valence-corrected chi connectivity index (χ0v) is 36.0. The van der Waals surface area contributed by atoms with Gasteiger partial charge in [-0.1, -0.05) is 54.6 Å². The van der Waals surface area contributed by atoms with Crippen LogP contribution >= 0.6 is 0 Å². The monoisotopic (exact) mass is 1080 g/mol. The Balaban J connectivity index is 0.000000520. The molecule has 73 heavy (non-hydrogen) atoms. The van der Waals surface area contributed by atoms with Crippen molar-refractivity contribution in [2.45, 2.75) is 62.9 Å². The van der Waals surface area contributed by atoms with Crippen LogP contribution in [0, 0.1) is 0 Å². The van der Waals surface area contributed by atoms with Crippen LogP contribution in [0.15, 0.2) is 128 Å². The second kappa shape index (κ2) is 20.0. The van der Waals surface area contributed by atoms with Gasteiger partial charge in [0.1, 0.15) is 11.9 Å². The van der Waals surface area contributed by atoms with Gasteiger partial charge in [-0.3, -0.25) is 0 Å². The van der Waals surface area contributed by atoms with Gasteiger partial charge in [0.2, 0.25) is 0 Å². The Kier molecular flexibility index (Phi) is 15.7. The molecule has 0 saturated carbocycles. The summed E-state index contributed by atoms with van der Waals surface area (Å²) in [5, 5.41) is 0. The summed E-state index contributed by atoms with van der Waals surface area (Å²) >= 11 is 0. The third kappa shape index (κ3) is 13.7. The summed E-state index contributed by atoms with van der Waals surface area (Å²) in [5.41, 5.74) is -28.9. The summed E-state index contributed by atoms with van der Waals surface area (Å²) in [5.74, 6) is 0.935. The van der Waals surface area contributed by atoms with E-state index in [4.69, 9.17) is 4.74 Å². The number of aromatic nitrogens is 1. The van der Waals surface area contributed by atoms with E-state index in [0.717, 1.165) is 12.3 Å². The first-order chi connectivity index (χ1) is 33.1. The summed E-state index contributed by atoms with van der Waals surface area (Å²) in [4.78, 5) is 0. The van der Waals surface area contributed by atoms with E-state index in [1.807, 2.05) is 37.3 Å². The zero-order valence-electron chi connectivity index (χ0n) is 36.0. The Hall–Kier alpha value is -6.57. The van der Waals surface area contributed by atoms with Crippen molar-refractivity contribution in [3.05, 3.63) is 178 Å². The number of nitrogens with zero attached hydrogens (tertiary/aromatic N) is 1. The lowest BCUT2D eigenvalue weighted by atomic mass is 9.12. The number of alkyl halides is 24. The van der Waals surface area contributed by atoms with Gasteiger partial charge in [0.15, 0.2) is 18.9 Å². The highest BCUT2D eigenvalue weighted by Gasteiger charge is 2.47. The first-order valence-corrected chi connectivity index (χ1v) is 20.2. The zero-order chi connectivity index (χ0) is 55.1. The molecule has 6 rings (SSSR count). The molecule has 0 fully saturated rings. The third-order valence-electron chi connectivity index (χ3n) is 10.8. The number of hydrogen-bond acceptors (Lipinski definition) is 1. The van der Waals surface area contributed by atoms with Crippen molar-refractivity contribution in [2.75, 3.05) is 6.61 Å². The molecule has 0 saturated heterocycles. The molecule has 27 heteroatoms. The normalized spacial score (nSPS) is 13.4. The summed E-state index contributed by atoms with van der Waals surface area (Å²) in [7, 11) is 0. The molecule has 0 N–H and O–H groups in total. The highest BCUT2D eigenvalue weighted by atomic mass is 19.4. The van der Waals surface area contributed by atoms with E-state index < -0.39 is 195 Å². The average Bonchev–Trinajstić information content (AvgIpc) is 3.25. The molecule has 0 aliphatic rings. The minimum atomic E-state index is -6.13. The lowest BCUT2D eigenvalue weighted by molar-refractivity contribution is -0.688. The van der Waals surface area contributed by atoms with Crippen molar-refractivity contribution in [3.8, 4) is 5.75 Å². The molecule has 1 heterocycles. The molecule has 0 amide bonds. The van der Waals surface area contributed by atoms with Crippen LogP contribution in [0.1, 0.15) is 57.0 Å². The van der Waals surface area contributed by atoms with E-state index >= 15 is 0 Å². The predicted octanol–water partition coefficient (Wildman–Crippen LogP) is 13.6. The SMILES string of the molecule is CCOc1ccc(C[n+]2ccccc2)cc1.FC(F)(F)c1cc([B-](c2cc(C(F)(F)F)cc(C(F)(F)F)c2)(c2cc(C(F)(F)F)cc(C(F)(F)F)c2)c2cc(C(F)(F)F)cc(C(F)(F)F)c2)cc(C(F)(F)F)c1. The summed E-state index contributed by atoms with van der Waals surface area (Å²) in [6.07, 6.45) is -50.7. The van der Waals surface area contributed by atoms with Crippen molar-refractivity contribution < 1.29 is 115 Å². The van der Waals surface area contributed by atoms with Crippen LogP contribution < -0.4 is 31.2 Å². The van der Waals surface area contributed by atoms with Crippen LogP contribution in [-0.2, 0) is 56.0 Å². The third-order valence-corrected chi connectivity index (χ3v) is 10.8. The maximum Gasteiger partial charge on any atom is 0.416 e. The van der Waals surface area contributed by atoms with Gasteiger partial charge in [-0.15, -0.1) is 0 Å². The Morgan fingerprint density at radius 1 is 0.342 bits per heavy atom. The fraction of sp³-hybridized carbons (Fsp3) is 0.239. The van der Waals surface area contributed by atoms with Crippen molar-refractivity contribution >= 4 is 28.0 Å². The second-order valence-corrected chi connectivity index (χ2v) is 15.8. The van der Waals surface area contributed by atoms with Crippen molar-refractivity contribution in [2.24, 2.45) is 0 Å². The van der Waals surface area contributed by atoms with E-state index in [1.165, 1.54) is 5.56 Å². The number of pyridine rings is 1. The van der Waals surface area contributed by atoms with Gasteiger partial charge < -0.3 is 4.74 Å². The largest absolute Gasteiger partial charge is 0.494 e. The Labute approximate surface area is 395 Å². The van der Waals surface area contributed by atoms with E-state index in [-0.39, 0.29) is 0 Å². The van der Waals surface area contributed by atoms with Crippen LogP contribution in [0.25, 0.3) is 0 Å². The van der Waals surface area contributed by atoms with Gasteiger partial charge in [0.25, 0.3) is 0 Å². The lowest BCUT2D eigenvalue weighted by Crippen LogP contribution is -2.75. The molecule has 0 atom stereocenters. The highest BCUT2D eigenvalue weighted by Crippen LogP contribution is 2.41. The lowest BCUT2D eigenvalue weighted by Gasteiger charge is -2.46. The van der Waals surface area contributed by atoms with Crippen LogP contribution in [0.5, 0.6) is 5.75 Å². The quantitative estimate of drug-likeness (QED) is 0.0841. The Morgan fingerprint density at radius 2 is 0.575 bits per heavy atom. The highest BCUT2D eigenvalue weighted by molar-refractivity contribution is 7.20. The maximum absolute atomic E-state index is 14.2. The first-order valence-electron chi connectivity index (χ1n) is 20.2. The number of hydrogen-bond donors (Lipinski definition) is 0. The van der Waals surface area contributed by atoms with Gasteiger partial charge in [-0.2, -0.15) is 127 Å². The molecular weight excluding hydrogens is 1050 g/mol. The molecule has 0 spiro atoms. The van der Waals surface area contributed by atoms with Crippen LogP contribution in [0.3, 0.4) is 0 Å². The van der Waals surface area contributed by atoms with Crippen LogP contribution in [0.2, 0.25) is 0 Å². The molecule has 6 aromatic rings. The van der Waals surface area contributed by atoms with Gasteiger partial charge >= 0.3 is 49.4 Å². The average molecular weight is 1080 g/mol. The summed E-state index contributed by atoms with van der Waals surface area (Å²) in [6, 6.07) is 5.52. The van der Waals surface area contributed by atoms with E-state index in [0.29, 0.717) is 6.61 Å². The Morgan fingerprint density at radius 3 is 0.781 bits per heavy atom.